The number of sulfonamides is 1. The summed E-state index contributed by atoms with van der Waals surface area (Å²) in [5.74, 6) is -0.876. The maximum absolute atomic E-state index is 14.5. The molecule has 1 unspecified atom stereocenters. The Morgan fingerprint density at radius 3 is 2.07 bits per heavy atom. The van der Waals surface area contributed by atoms with E-state index in [0.717, 1.165) is 21.0 Å². The van der Waals surface area contributed by atoms with Crippen molar-refractivity contribution in [3.05, 3.63) is 130 Å². The first-order chi connectivity index (χ1) is 21.0. The number of nitrogens with one attached hydrogen (secondary N) is 1. The number of benzene rings is 4. The van der Waals surface area contributed by atoms with E-state index in [0.29, 0.717) is 16.3 Å². The molecule has 9 heteroatoms. The molecule has 0 saturated heterocycles. The smallest absolute Gasteiger partial charge is 0.264 e. The average molecular weight is 632 g/mol. The number of hydrogen-bond acceptors (Lipinski definition) is 4. The second-order valence-corrected chi connectivity index (χ2v) is 13.3. The molecule has 230 valence electrons. The molecule has 0 heterocycles. The van der Waals surface area contributed by atoms with Crippen LogP contribution in [0.5, 0.6) is 0 Å². The van der Waals surface area contributed by atoms with Gasteiger partial charge in [0.2, 0.25) is 11.8 Å². The van der Waals surface area contributed by atoms with Crippen LogP contribution in [0.1, 0.15) is 36.1 Å². The van der Waals surface area contributed by atoms with E-state index in [1.807, 2.05) is 70.2 Å². The molecular formula is C35H38ClN3O4S. The van der Waals surface area contributed by atoms with E-state index in [1.165, 1.54) is 17.0 Å². The number of carbonyl (C=O) groups is 2. The Morgan fingerprint density at radius 2 is 1.43 bits per heavy atom. The fourth-order valence-electron chi connectivity index (χ4n) is 4.98. The van der Waals surface area contributed by atoms with Crippen LogP contribution < -0.4 is 9.62 Å². The van der Waals surface area contributed by atoms with Crippen LogP contribution in [0.3, 0.4) is 0 Å². The van der Waals surface area contributed by atoms with Gasteiger partial charge in [-0.1, -0.05) is 90.5 Å². The monoisotopic (exact) mass is 631 g/mol. The zero-order valence-electron chi connectivity index (χ0n) is 25.4. The Morgan fingerprint density at radius 1 is 0.818 bits per heavy atom. The van der Waals surface area contributed by atoms with Gasteiger partial charge in [0.1, 0.15) is 12.6 Å². The predicted octanol–water partition coefficient (Wildman–Crippen LogP) is 6.32. The van der Waals surface area contributed by atoms with Gasteiger partial charge in [-0.15, -0.1) is 0 Å². The maximum atomic E-state index is 14.5. The van der Waals surface area contributed by atoms with Crippen molar-refractivity contribution in [3.63, 3.8) is 0 Å². The van der Waals surface area contributed by atoms with Gasteiger partial charge in [-0.05, 0) is 74.2 Å². The summed E-state index contributed by atoms with van der Waals surface area (Å²) in [6, 6.07) is 28.8. The minimum Gasteiger partial charge on any atom is -0.352 e. The molecule has 0 spiro atoms. The molecular weight excluding hydrogens is 594 g/mol. The van der Waals surface area contributed by atoms with Crippen LogP contribution in [0.15, 0.2) is 108 Å². The van der Waals surface area contributed by atoms with Crippen LogP contribution in [0.25, 0.3) is 0 Å². The SMILES string of the molecule is Cc1cccc(N(CC(=O)N(Cc2ccccc2Cl)C(Cc2ccccc2)C(=O)NC(C)C)S(=O)(=O)c2ccccc2)c1C. The molecule has 0 aliphatic rings. The number of halogens is 1. The van der Waals surface area contributed by atoms with Gasteiger partial charge < -0.3 is 10.2 Å². The highest BCUT2D eigenvalue weighted by Gasteiger charge is 2.35. The second-order valence-electron chi connectivity index (χ2n) is 11.0. The van der Waals surface area contributed by atoms with E-state index in [-0.39, 0.29) is 29.8 Å². The van der Waals surface area contributed by atoms with E-state index in [2.05, 4.69) is 5.32 Å². The van der Waals surface area contributed by atoms with Gasteiger partial charge in [-0.25, -0.2) is 8.42 Å². The molecule has 0 fully saturated rings. The van der Waals surface area contributed by atoms with E-state index in [4.69, 9.17) is 11.6 Å². The predicted molar refractivity (Wildman–Crippen MR) is 176 cm³/mol. The first kappa shape index (κ1) is 32.8. The molecule has 0 saturated carbocycles. The first-order valence-electron chi connectivity index (χ1n) is 14.5. The zero-order chi connectivity index (χ0) is 31.9. The lowest BCUT2D eigenvalue weighted by molar-refractivity contribution is -0.140. The lowest BCUT2D eigenvalue weighted by Crippen LogP contribution is -2.54. The van der Waals surface area contributed by atoms with Crippen molar-refractivity contribution in [1.82, 2.24) is 10.2 Å². The minimum absolute atomic E-state index is 0.00749. The van der Waals surface area contributed by atoms with Gasteiger partial charge in [0.15, 0.2) is 0 Å². The largest absolute Gasteiger partial charge is 0.352 e. The van der Waals surface area contributed by atoms with Gasteiger partial charge >= 0.3 is 0 Å². The van der Waals surface area contributed by atoms with Crippen LogP contribution in [-0.4, -0.2) is 43.8 Å². The number of amides is 2. The Labute approximate surface area is 265 Å². The summed E-state index contributed by atoms with van der Waals surface area (Å²) in [6.45, 7) is 6.92. The summed E-state index contributed by atoms with van der Waals surface area (Å²) in [5.41, 5.74) is 3.51. The van der Waals surface area contributed by atoms with Crippen molar-refractivity contribution in [3.8, 4) is 0 Å². The molecule has 4 rings (SSSR count). The van der Waals surface area contributed by atoms with E-state index in [9.17, 15) is 18.0 Å². The highest BCUT2D eigenvalue weighted by Crippen LogP contribution is 2.29. The number of anilines is 1. The molecule has 0 bridgehead atoms. The lowest BCUT2D eigenvalue weighted by Gasteiger charge is -2.34. The topological polar surface area (TPSA) is 86.8 Å². The summed E-state index contributed by atoms with van der Waals surface area (Å²) in [5, 5.41) is 3.40. The lowest BCUT2D eigenvalue weighted by atomic mass is 10.0. The number of nitrogens with zero attached hydrogens (tertiary/aromatic N) is 2. The van der Waals surface area contributed by atoms with Gasteiger partial charge in [0, 0.05) is 24.0 Å². The van der Waals surface area contributed by atoms with Crippen LogP contribution in [0.4, 0.5) is 5.69 Å². The minimum atomic E-state index is -4.17. The summed E-state index contributed by atoms with van der Waals surface area (Å²) >= 11 is 6.55. The molecule has 1 atom stereocenters. The number of aryl methyl sites for hydroxylation is 1. The number of hydrogen-bond donors (Lipinski definition) is 1. The van der Waals surface area contributed by atoms with Crippen molar-refractivity contribution in [2.45, 2.75) is 57.6 Å². The highest BCUT2D eigenvalue weighted by atomic mass is 35.5. The third kappa shape index (κ3) is 7.87. The van der Waals surface area contributed by atoms with Gasteiger partial charge in [0.05, 0.1) is 10.6 Å². The Hall–Kier alpha value is -4.14. The molecule has 0 aromatic heterocycles. The molecule has 0 aliphatic heterocycles. The molecule has 1 N–H and O–H groups in total. The number of carbonyl (C=O) groups excluding carboxylic acids is 2. The van der Waals surface area contributed by atoms with E-state index in [1.54, 1.807) is 48.5 Å². The van der Waals surface area contributed by atoms with Crippen LogP contribution >= 0.6 is 11.6 Å². The van der Waals surface area contributed by atoms with Crippen molar-refractivity contribution < 1.29 is 18.0 Å². The van der Waals surface area contributed by atoms with E-state index >= 15 is 0 Å². The summed E-state index contributed by atoms with van der Waals surface area (Å²) < 4.78 is 29.5. The Balaban J connectivity index is 1.84. The van der Waals surface area contributed by atoms with Gasteiger partial charge in [-0.2, -0.15) is 0 Å². The fourth-order valence-corrected chi connectivity index (χ4v) is 6.67. The van der Waals surface area contributed by atoms with Gasteiger partial charge in [0.25, 0.3) is 10.0 Å². The normalized spacial score (nSPS) is 12.0. The molecule has 4 aromatic rings. The Kier molecular flexibility index (Phi) is 10.8. The highest BCUT2D eigenvalue weighted by molar-refractivity contribution is 7.92. The standard InChI is InChI=1S/C35H38ClN3O4S/c1-25(2)37-35(41)33(22-28-15-7-5-8-16-28)38(23-29-17-11-12-20-31(29)36)34(40)24-39(32-21-13-14-26(3)27(32)4)44(42,43)30-18-9-6-10-19-30/h5-21,25,33H,22-24H2,1-4H3,(H,37,41). The zero-order valence-corrected chi connectivity index (χ0v) is 27.0. The quantitative estimate of drug-likeness (QED) is 0.198. The first-order valence-corrected chi connectivity index (χ1v) is 16.3. The Bertz CT molecular complexity index is 1700. The van der Waals surface area contributed by atoms with Crippen LogP contribution in [0.2, 0.25) is 5.02 Å². The second kappa shape index (κ2) is 14.6. The summed E-state index contributed by atoms with van der Waals surface area (Å²) in [7, 11) is -4.17. The van der Waals surface area contributed by atoms with Crippen molar-refractivity contribution in [1.29, 1.82) is 0 Å². The fraction of sp³-hybridized carbons (Fsp3) is 0.257. The third-order valence-electron chi connectivity index (χ3n) is 7.46. The molecule has 0 radical (unpaired) electrons. The van der Waals surface area contributed by atoms with Crippen molar-refractivity contribution in [2.75, 3.05) is 10.8 Å². The number of rotatable bonds is 12. The van der Waals surface area contributed by atoms with Crippen molar-refractivity contribution in [2.24, 2.45) is 0 Å². The third-order valence-corrected chi connectivity index (χ3v) is 9.60. The molecule has 7 nitrogen and oxygen atoms in total. The van der Waals surface area contributed by atoms with Crippen LogP contribution in [0, 0.1) is 13.8 Å². The summed E-state index contributed by atoms with van der Waals surface area (Å²) in [6.07, 6.45) is 0.227. The average Bonchev–Trinajstić information content (AvgIpc) is 3.00. The summed E-state index contributed by atoms with van der Waals surface area (Å²) in [4.78, 5) is 29.8. The van der Waals surface area contributed by atoms with E-state index < -0.39 is 28.5 Å². The molecule has 0 aliphatic carbocycles. The molecule has 44 heavy (non-hydrogen) atoms. The maximum Gasteiger partial charge on any atom is 0.264 e. The molecule has 4 aromatic carbocycles. The van der Waals surface area contributed by atoms with Crippen molar-refractivity contribution >= 4 is 39.1 Å². The molecule has 2 amide bonds. The van der Waals surface area contributed by atoms with Crippen LogP contribution in [-0.2, 0) is 32.6 Å². The van der Waals surface area contributed by atoms with Gasteiger partial charge in [-0.3, -0.25) is 13.9 Å².